The van der Waals surface area contributed by atoms with Crippen molar-refractivity contribution in [3.8, 4) is 11.3 Å². The summed E-state index contributed by atoms with van der Waals surface area (Å²) in [5, 5.41) is 11.4. The lowest BCUT2D eigenvalue weighted by molar-refractivity contribution is 0.0526. The summed E-state index contributed by atoms with van der Waals surface area (Å²) >= 11 is 1.60. The van der Waals surface area contributed by atoms with Gasteiger partial charge in [-0.3, -0.25) is 9.78 Å². The molecule has 2 aromatic heterocycles. The van der Waals surface area contributed by atoms with E-state index >= 15 is 0 Å². The van der Waals surface area contributed by atoms with Crippen LogP contribution in [0.15, 0.2) is 96.6 Å². The van der Waals surface area contributed by atoms with Crippen LogP contribution in [0.5, 0.6) is 0 Å². The maximum atomic E-state index is 13.0. The van der Waals surface area contributed by atoms with Gasteiger partial charge in [0.2, 0.25) is 0 Å². The van der Waals surface area contributed by atoms with E-state index in [1.54, 1.807) is 79.2 Å². The maximum absolute atomic E-state index is 13.0. The van der Waals surface area contributed by atoms with E-state index in [-0.39, 0.29) is 12.5 Å². The summed E-state index contributed by atoms with van der Waals surface area (Å²) in [6.45, 7) is 4.07. The molecule has 0 radical (unpaired) electrons. The third kappa shape index (κ3) is 7.69. The minimum Gasteiger partial charge on any atom is -0.462 e. The number of esters is 1. The van der Waals surface area contributed by atoms with E-state index < -0.39 is 12.0 Å². The highest BCUT2D eigenvalue weighted by atomic mass is 32.1. The average molecular weight is 592 g/mol. The Hall–Kier alpha value is -5.35. The van der Waals surface area contributed by atoms with Crippen LogP contribution in [0.1, 0.15) is 43.8 Å². The van der Waals surface area contributed by atoms with Gasteiger partial charge in [-0.2, -0.15) is 0 Å². The molecule has 0 bridgehead atoms. The van der Waals surface area contributed by atoms with Crippen molar-refractivity contribution >= 4 is 46.3 Å². The Kier molecular flexibility index (Phi) is 9.18. The van der Waals surface area contributed by atoms with Gasteiger partial charge in [0, 0.05) is 52.4 Å². The number of ether oxygens (including phenoxy) is 1. The van der Waals surface area contributed by atoms with Crippen molar-refractivity contribution in [2.75, 3.05) is 22.6 Å². The van der Waals surface area contributed by atoms with Crippen molar-refractivity contribution in [1.29, 1.82) is 0 Å². The first kappa shape index (κ1) is 29.2. The zero-order valence-electron chi connectivity index (χ0n) is 23.6. The molecule has 0 unspecified atom stereocenters. The highest BCUT2D eigenvalue weighted by Gasteiger charge is 2.12. The van der Waals surface area contributed by atoms with Crippen LogP contribution in [-0.4, -0.2) is 34.5 Å². The molecule has 3 aromatic carbocycles. The summed E-state index contributed by atoms with van der Waals surface area (Å²) in [7, 11) is 0. The molecule has 5 rings (SSSR count). The fourth-order valence-corrected chi connectivity index (χ4v) is 5.07. The molecule has 0 fully saturated rings. The normalized spacial score (nSPS) is 10.6. The van der Waals surface area contributed by atoms with E-state index in [1.807, 2.05) is 42.6 Å². The summed E-state index contributed by atoms with van der Waals surface area (Å²) in [6.07, 6.45) is 4.19. The van der Waals surface area contributed by atoms with Crippen LogP contribution in [0.3, 0.4) is 0 Å². The van der Waals surface area contributed by atoms with E-state index in [0.717, 1.165) is 27.4 Å². The molecule has 0 saturated carbocycles. The number of carbonyl (C=O) groups is 3. The molecular formula is C33H29N5O4S. The standard InChI is InChI=1S/C33H29N5O4S/c1-3-42-32(40)23-9-14-27(15-10-23)37-33(41)36-26-12-7-22(8-13-26)31(39)35-28-11-6-21(2)25(17-28)18-30-38-29(20-43-30)24-5-4-16-34-19-24/h4-17,19-20H,3,18H2,1-2H3,(H,35,39)(H2,36,37,41). The lowest BCUT2D eigenvalue weighted by atomic mass is 10.0. The monoisotopic (exact) mass is 591 g/mol. The Balaban J connectivity index is 1.16. The molecule has 0 spiro atoms. The van der Waals surface area contributed by atoms with Gasteiger partial charge in [0.1, 0.15) is 0 Å². The van der Waals surface area contributed by atoms with Crippen LogP contribution in [0.4, 0.5) is 21.9 Å². The van der Waals surface area contributed by atoms with Gasteiger partial charge < -0.3 is 20.7 Å². The van der Waals surface area contributed by atoms with Crippen molar-refractivity contribution in [2.45, 2.75) is 20.3 Å². The Morgan fingerprint density at radius 3 is 2.16 bits per heavy atom. The number of nitrogens with zero attached hydrogens (tertiary/aromatic N) is 2. The number of rotatable bonds is 9. The molecular weight excluding hydrogens is 562 g/mol. The summed E-state index contributed by atoms with van der Waals surface area (Å²) in [6, 6.07) is 22.2. The van der Waals surface area contributed by atoms with Crippen molar-refractivity contribution in [3.05, 3.63) is 124 Å². The number of thiazole rings is 1. The lowest BCUT2D eigenvalue weighted by Crippen LogP contribution is -2.19. The SMILES string of the molecule is CCOC(=O)c1ccc(NC(=O)Nc2ccc(C(=O)Nc3ccc(C)c(Cc4nc(-c5cccnc5)cs4)c3)cc2)cc1. The topological polar surface area (TPSA) is 122 Å². The van der Waals surface area contributed by atoms with Gasteiger partial charge in [-0.25, -0.2) is 14.6 Å². The van der Waals surface area contributed by atoms with Crippen molar-refractivity contribution in [2.24, 2.45) is 0 Å². The van der Waals surface area contributed by atoms with Gasteiger partial charge in [-0.15, -0.1) is 11.3 Å². The first-order valence-electron chi connectivity index (χ1n) is 13.6. The Labute approximate surface area is 253 Å². The fraction of sp³-hybridized carbons (Fsp3) is 0.121. The zero-order chi connectivity index (χ0) is 30.2. The molecule has 2 heterocycles. The van der Waals surface area contributed by atoms with Crippen LogP contribution >= 0.6 is 11.3 Å². The summed E-state index contributed by atoms with van der Waals surface area (Å²) in [5.41, 5.74) is 6.63. The molecule has 43 heavy (non-hydrogen) atoms. The molecule has 0 aliphatic heterocycles. The molecule has 216 valence electrons. The van der Waals surface area contributed by atoms with Gasteiger partial charge in [-0.05, 0) is 97.8 Å². The number of benzene rings is 3. The lowest BCUT2D eigenvalue weighted by Gasteiger charge is -2.11. The summed E-state index contributed by atoms with van der Waals surface area (Å²) < 4.78 is 4.96. The average Bonchev–Trinajstić information content (AvgIpc) is 3.48. The molecule has 0 atom stereocenters. The van der Waals surface area contributed by atoms with Crippen molar-refractivity contribution < 1.29 is 19.1 Å². The molecule has 9 nitrogen and oxygen atoms in total. The van der Waals surface area contributed by atoms with Crippen LogP contribution in [-0.2, 0) is 11.2 Å². The molecule has 0 aliphatic rings. The maximum Gasteiger partial charge on any atom is 0.338 e. The Bertz CT molecular complexity index is 1740. The molecule has 3 N–H and O–H groups in total. The number of carbonyl (C=O) groups excluding carboxylic acids is 3. The van der Waals surface area contributed by atoms with Crippen LogP contribution in [0.25, 0.3) is 11.3 Å². The second kappa shape index (κ2) is 13.5. The quantitative estimate of drug-likeness (QED) is 0.156. The predicted molar refractivity (Wildman–Crippen MR) is 169 cm³/mol. The molecule has 3 amide bonds. The van der Waals surface area contributed by atoms with E-state index in [2.05, 4.69) is 20.9 Å². The van der Waals surface area contributed by atoms with E-state index in [0.29, 0.717) is 34.6 Å². The number of hydrogen-bond acceptors (Lipinski definition) is 7. The number of pyridine rings is 1. The summed E-state index contributed by atoms with van der Waals surface area (Å²) in [4.78, 5) is 46.1. The Morgan fingerprint density at radius 1 is 0.837 bits per heavy atom. The third-order valence-corrected chi connectivity index (χ3v) is 7.37. The number of aryl methyl sites for hydroxylation is 1. The van der Waals surface area contributed by atoms with Gasteiger partial charge >= 0.3 is 12.0 Å². The first-order chi connectivity index (χ1) is 20.9. The van der Waals surface area contributed by atoms with Crippen LogP contribution in [0, 0.1) is 6.92 Å². The van der Waals surface area contributed by atoms with Gasteiger partial charge in [-0.1, -0.05) is 6.07 Å². The number of nitrogens with one attached hydrogen (secondary N) is 3. The number of aromatic nitrogens is 2. The highest BCUT2D eigenvalue weighted by molar-refractivity contribution is 7.10. The second-order valence-electron chi connectivity index (χ2n) is 9.59. The number of anilines is 3. The second-order valence-corrected chi connectivity index (χ2v) is 10.5. The van der Waals surface area contributed by atoms with Crippen molar-refractivity contribution in [3.63, 3.8) is 0 Å². The largest absolute Gasteiger partial charge is 0.462 e. The van der Waals surface area contributed by atoms with E-state index in [4.69, 9.17) is 9.72 Å². The van der Waals surface area contributed by atoms with E-state index in [9.17, 15) is 14.4 Å². The molecule has 10 heteroatoms. The molecule has 0 saturated heterocycles. The fourth-order valence-electron chi connectivity index (χ4n) is 4.25. The Morgan fingerprint density at radius 2 is 1.51 bits per heavy atom. The smallest absolute Gasteiger partial charge is 0.338 e. The molecule has 0 aliphatic carbocycles. The van der Waals surface area contributed by atoms with E-state index in [1.165, 1.54) is 0 Å². The van der Waals surface area contributed by atoms with Gasteiger partial charge in [0.15, 0.2) is 0 Å². The van der Waals surface area contributed by atoms with Crippen LogP contribution < -0.4 is 16.0 Å². The van der Waals surface area contributed by atoms with Gasteiger partial charge in [0.05, 0.1) is 22.9 Å². The highest BCUT2D eigenvalue weighted by Crippen LogP contribution is 2.25. The van der Waals surface area contributed by atoms with Crippen LogP contribution in [0.2, 0.25) is 0 Å². The molecule has 5 aromatic rings. The predicted octanol–water partition coefficient (Wildman–Crippen LogP) is 7.18. The zero-order valence-corrected chi connectivity index (χ0v) is 24.4. The first-order valence-corrected chi connectivity index (χ1v) is 14.5. The minimum atomic E-state index is -0.457. The summed E-state index contributed by atoms with van der Waals surface area (Å²) in [5.74, 6) is -0.683. The number of amides is 3. The van der Waals surface area contributed by atoms with Gasteiger partial charge in [0.25, 0.3) is 5.91 Å². The van der Waals surface area contributed by atoms with Crippen molar-refractivity contribution in [1.82, 2.24) is 9.97 Å². The third-order valence-electron chi connectivity index (χ3n) is 6.52. The minimum absolute atomic E-state index is 0.263. The number of urea groups is 1. The number of hydrogen-bond donors (Lipinski definition) is 3.